The minimum Gasteiger partial charge on any atom is -0.356 e. The summed E-state index contributed by atoms with van der Waals surface area (Å²) in [4.78, 5) is 18.8. The minimum atomic E-state index is 0. The fourth-order valence-corrected chi connectivity index (χ4v) is 4.36. The number of nitrogens with zero attached hydrogens (tertiary/aromatic N) is 2. The third-order valence-electron chi connectivity index (χ3n) is 6.02. The van der Waals surface area contributed by atoms with Gasteiger partial charge in [-0.3, -0.25) is 9.79 Å². The average molecular weight is 513 g/mol. The highest BCUT2D eigenvalue weighted by Gasteiger charge is 2.24. The van der Waals surface area contributed by atoms with E-state index in [2.05, 4.69) is 39.0 Å². The summed E-state index contributed by atoms with van der Waals surface area (Å²) in [7, 11) is 4.06. The third-order valence-corrected chi connectivity index (χ3v) is 6.02. The van der Waals surface area contributed by atoms with Gasteiger partial charge in [-0.05, 0) is 44.5 Å². The summed E-state index contributed by atoms with van der Waals surface area (Å²) < 4.78 is 0. The number of carbonyl (C=O) groups excluding carboxylic acids is 1. The molecular weight excluding hydrogens is 477 g/mol. The van der Waals surface area contributed by atoms with E-state index in [9.17, 15) is 4.79 Å². The van der Waals surface area contributed by atoms with Gasteiger partial charge in [0.05, 0.1) is 0 Å². The molecule has 1 aromatic rings. The van der Waals surface area contributed by atoms with Crippen LogP contribution in [0.3, 0.4) is 0 Å². The molecule has 1 heterocycles. The Labute approximate surface area is 192 Å². The van der Waals surface area contributed by atoms with Crippen LogP contribution >= 0.6 is 24.0 Å². The Kier molecular flexibility index (Phi) is 10.2. The fraction of sp³-hybridized carbons (Fsp3) is 0.636. The van der Waals surface area contributed by atoms with Gasteiger partial charge in [-0.25, -0.2) is 0 Å². The van der Waals surface area contributed by atoms with E-state index in [0.717, 1.165) is 37.2 Å². The second kappa shape index (κ2) is 12.4. The molecule has 0 saturated heterocycles. The standard InChI is InChI=1S/C22H35N5O.HI/c1-23-22(24-13-8-14-27(2)18-9-4-3-5-10-18)25-16-17-15-21(28)26-20-12-7-6-11-19(17)20;/h6-7,11-12,17-18H,3-5,8-10,13-16H2,1-2H3,(H,26,28)(H2,23,24,25);1H. The predicted molar refractivity (Wildman–Crippen MR) is 131 cm³/mol. The van der Waals surface area contributed by atoms with E-state index in [4.69, 9.17) is 0 Å². The Hall–Kier alpha value is -1.35. The molecule has 0 radical (unpaired) electrons. The molecule has 1 unspecified atom stereocenters. The third kappa shape index (κ3) is 7.13. The van der Waals surface area contributed by atoms with Crippen molar-refractivity contribution in [2.45, 2.75) is 56.9 Å². The predicted octanol–water partition coefficient (Wildman–Crippen LogP) is 3.55. The van der Waals surface area contributed by atoms with Crippen LogP contribution in [-0.2, 0) is 4.79 Å². The quantitative estimate of drug-likeness (QED) is 0.226. The number of carbonyl (C=O) groups is 1. The van der Waals surface area contributed by atoms with E-state index in [-0.39, 0.29) is 35.8 Å². The van der Waals surface area contributed by atoms with E-state index in [1.807, 2.05) is 18.2 Å². The molecular formula is C22H36IN5O. The Morgan fingerprint density at radius 2 is 1.97 bits per heavy atom. The lowest BCUT2D eigenvalue weighted by Crippen LogP contribution is -2.42. The molecule has 6 nitrogen and oxygen atoms in total. The number of benzene rings is 1. The van der Waals surface area contributed by atoms with Gasteiger partial charge < -0.3 is 20.9 Å². The van der Waals surface area contributed by atoms with Crippen LogP contribution in [0.15, 0.2) is 29.3 Å². The van der Waals surface area contributed by atoms with Crippen molar-refractivity contribution in [3.05, 3.63) is 29.8 Å². The van der Waals surface area contributed by atoms with Crippen LogP contribution in [0.2, 0.25) is 0 Å². The lowest BCUT2D eigenvalue weighted by atomic mass is 9.90. The van der Waals surface area contributed by atoms with Gasteiger partial charge in [-0.2, -0.15) is 0 Å². The number of nitrogens with one attached hydrogen (secondary N) is 3. The van der Waals surface area contributed by atoms with Gasteiger partial charge in [-0.1, -0.05) is 37.5 Å². The average Bonchev–Trinajstić information content (AvgIpc) is 2.73. The number of para-hydroxylation sites is 1. The van der Waals surface area contributed by atoms with Crippen LogP contribution in [0.1, 0.15) is 56.4 Å². The number of hydrogen-bond donors (Lipinski definition) is 3. The number of anilines is 1. The highest BCUT2D eigenvalue weighted by atomic mass is 127. The van der Waals surface area contributed by atoms with Crippen molar-refractivity contribution in [1.29, 1.82) is 0 Å². The smallest absolute Gasteiger partial charge is 0.225 e. The summed E-state index contributed by atoms with van der Waals surface area (Å²) in [5.74, 6) is 1.06. The van der Waals surface area contributed by atoms with Gasteiger partial charge in [0.25, 0.3) is 0 Å². The van der Waals surface area contributed by atoms with E-state index in [1.54, 1.807) is 7.05 Å². The number of rotatable bonds is 7. The lowest BCUT2D eigenvalue weighted by Gasteiger charge is -2.31. The maximum Gasteiger partial charge on any atom is 0.225 e. The van der Waals surface area contributed by atoms with E-state index in [0.29, 0.717) is 13.0 Å². The first-order chi connectivity index (χ1) is 13.7. The molecule has 0 spiro atoms. The number of hydrogen-bond acceptors (Lipinski definition) is 3. The number of guanidine groups is 1. The van der Waals surface area contributed by atoms with Crippen LogP contribution in [0, 0.1) is 0 Å². The molecule has 1 aromatic carbocycles. The van der Waals surface area contributed by atoms with Gasteiger partial charge in [0, 0.05) is 44.2 Å². The van der Waals surface area contributed by atoms with Gasteiger partial charge in [0.1, 0.15) is 0 Å². The Bertz CT molecular complexity index is 675. The zero-order valence-electron chi connectivity index (χ0n) is 17.7. The SMILES string of the molecule is CN=C(NCCCN(C)C1CCCCC1)NCC1CC(=O)Nc2ccccc21.I. The second-order valence-corrected chi connectivity index (χ2v) is 8.04. The van der Waals surface area contributed by atoms with Crippen LogP contribution in [0.5, 0.6) is 0 Å². The maximum absolute atomic E-state index is 12.0. The number of aliphatic imine (C=N–C) groups is 1. The number of halogens is 1. The first kappa shape index (κ1) is 23.9. The Morgan fingerprint density at radius 3 is 2.72 bits per heavy atom. The largest absolute Gasteiger partial charge is 0.356 e. The molecule has 1 atom stereocenters. The van der Waals surface area contributed by atoms with Crippen molar-refractivity contribution >= 4 is 41.5 Å². The molecule has 1 aliphatic heterocycles. The molecule has 0 aromatic heterocycles. The molecule has 1 fully saturated rings. The van der Waals surface area contributed by atoms with Crippen LogP contribution < -0.4 is 16.0 Å². The zero-order valence-corrected chi connectivity index (χ0v) is 20.1. The molecule has 1 aliphatic carbocycles. The first-order valence-electron chi connectivity index (χ1n) is 10.7. The van der Waals surface area contributed by atoms with Crippen molar-refractivity contribution in [1.82, 2.24) is 15.5 Å². The summed E-state index contributed by atoms with van der Waals surface area (Å²) in [5.41, 5.74) is 2.12. The maximum atomic E-state index is 12.0. The summed E-state index contributed by atoms with van der Waals surface area (Å²) in [6.45, 7) is 2.72. The monoisotopic (exact) mass is 513 g/mol. The Morgan fingerprint density at radius 1 is 1.21 bits per heavy atom. The summed E-state index contributed by atoms with van der Waals surface area (Å²) in [5, 5.41) is 9.77. The van der Waals surface area contributed by atoms with Crippen molar-refractivity contribution in [3.63, 3.8) is 0 Å². The number of fused-ring (bicyclic) bond motifs is 1. The fourth-order valence-electron chi connectivity index (χ4n) is 4.36. The Balaban J connectivity index is 0.00000300. The lowest BCUT2D eigenvalue weighted by molar-refractivity contribution is -0.116. The molecule has 29 heavy (non-hydrogen) atoms. The molecule has 7 heteroatoms. The molecule has 2 aliphatic rings. The molecule has 0 bridgehead atoms. The van der Waals surface area contributed by atoms with Gasteiger partial charge in [0.2, 0.25) is 5.91 Å². The summed E-state index contributed by atoms with van der Waals surface area (Å²) in [6.07, 6.45) is 8.47. The van der Waals surface area contributed by atoms with Gasteiger partial charge in [-0.15, -0.1) is 24.0 Å². The van der Waals surface area contributed by atoms with Crippen molar-refractivity contribution in [3.8, 4) is 0 Å². The van der Waals surface area contributed by atoms with Gasteiger partial charge >= 0.3 is 0 Å². The van der Waals surface area contributed by atoms with Gasteiger partial charge in [0.15, 0.2) is 5.96 Å². The first-order valence-corrected chi connectivity index (χ1v) is 10.7. The van der Waals surface area contributed by atoms with E-state index < -0.39 is 0 Å². The highest BCUT2D eigenvalue weighted by molar-refractivity contribution is 14.0. The highest BCUT2D eigenvalue weighted by Crippen LogP contribution is 2.31. The van der Waals surface area contributed by atoms with Crippen molar-refractivity contribution < 1.29 is 4.79 Å². The van der Waals surface area contributed by atoms with Crippen molar-refractivity contribution in [2.75, 3.05) is 39.0 Å². The van der Waals surface area contributed by atoms with Crippen molar-refractivity contribution in [2.24, 2.45) is 4.99 Å². The molecule has 1 amide bonds. The molecule has 3 N–H and O–H groups in total. The molecule has 1 saturated carbocycles. The summed E-state index contributed by atoms with van der Waals surface area (Å²) >= 11 is 0. The van der Waals surface area contributed by atoms with E-state index >= 15 is 0 Å². The topological polar surface area (TPSA) is 68.8 Å². The van der Waals surface area contributed by atoms with Crippen LogP contribution in [0.25, 0.3) is 0 Å². The summed E-state index contributed by atoms with van der Waals surface area (Å²) in [6, 6.07) is 8.82. The second-order valence-electron chi connectivity index (χ2n) is 8.04. The normalized spacial score (nSPS) is 19.9. The molecule has 162 valence electrons. The zero-order chi connectivity index (χ0) is 19.8. The van der Waals surface area contributed by atoms with E-state index in [1.165, 1.54) is 37.7 Å². The molecule has 3 rings (SSSR count). The minimum absolute atomic E-state index is 0. The van der Waals surface area contributed by atoms with Crippen LogP contribution in [-0.4, -0.2) is 56.5 Å². The van der Waals surface area contributed by atoms with Crippen LogP contribution in [0.4, 0.5) is 5.69 Å². The number of amides is 1.